The van der Waals surface area contributed by atoms with Crippen molar-refractivity contribution in [3.8, 4) is 11.5 Å². The zero-order valence-electron chi connectivity index (χ0n) is 15.0. The fourth-order valence-electron chi connectivity index (χ4n) is 2.87. The highest BCUT2D eigenvalue weighted by molar-refractivity contribution is 7.99. The van der Waals surface area contributed by atoms with E-state index in [0.29, 0.717) is 29.8 Å². The molecular formula is C18H19N5O3S. The summed E-state index contributed by atoms with van der Waals surface area (Å²) < 4.78 is 13.3. The van der Waals surface area contributed by atoms with Crippen LogP contribution in [0.1, 0.15) is 11.4 Å². The molecular weight excluding hydrogens is 366 g/mol. The molecule has 0 fully saturated rings. The van der Waals surface area contributed by atoms with Crippen LogP contribution in [0.2, 0.25) is 0 Å². The van der Waals surface area contributed by atoms with Gasteiger partial charge in [0.05, 0.1) is 12.3 Å². The standard InChI is InChI=1S/C18H19N5O3S/c1-11-7-12(2)23-17(20-11)21-22-18(23)27-10-16(24)19-8-13-9-25-14-5-3-4-6-15(14)26-13/h3-7,13H,8-10H2,1-2H3,(H,19,24). The van der Waals surface area contributed by atoms with Crippen LogP contribution in [-0.4, -0.2) is 50.5 Å². The van der Waals surface area contributed by atoms with Crippen LogP contribution < -0.4 is 14.8 Å². The number of thioether (sulfide) groups is 1. The average Bonchev–Trinajstić information content (AvgIpc) is 3.07. The van der Waals surface area contributed by atoms with E-state index in [2.05, 4.69) is 20.5 Å². The summed E-state index contributed by atoms with van der Waals surface area (Å²) in [6.07, 6.45) is -0.211. The minimum atomic E-state index is -0.211. The smallest absolute Gasteiger partial charge is 0.256 e. The molecule has 0 spiro atoms. The van der Waals surface area contributed by atoms with Crippen molar-refractivity contribution in [2.24, 2.45) is 0 Å². The molecule has 1 aromatic carbocycles. The van der Waals surface area contributed by atoms with Crippen LogP contribution in [0.5, 0.6) is 11.5 Å². The number of aryl methyl sites for hydroxylation is 2. The first-order valence-electron chi connectivity index (χ1n) is 8.57. The molecule has 0 saturated heterocycles. The number of rotatable bonds is 5. The van der Waals surface area contributed by atoms with E-state index >= 15 is 0 Å². The third-order valence-corrected chi connectivity index (χ3v) is 5.02. The molecule has 1 aliphatic rings. The van der Waals surface area contributed by atoms with E-state index in [1.807, 2.05) is 48.6 Å². The number of benzene rings is 1. The van der Waals surface area contributed by atoms with E-state index in [-0.39, 0.29) is 17.8 Å². The summed E-state index contributed by atoms with van der Waals surface area (Å²) in [5.41, 5.74) is 1.87. The van der Waals surface area contributed by atoms with E-state index in [4.69, 9.17) is 9.47 Å². The van der Waals surface area contributed by atoms with Gasteiger partial charge in [0.25, 0.3) is 5.78 Å². The fraction of sp³-hybridized carbons (Fsp3) is 0.333. The molecule has 8 nitrogen and oxygen atoms in total. The number of hydrogen-bond acceptors (Lipinski definition) is 7. The number of hydrogen-bond donors (Lipinski definition) is 1. The van der Waals surface area contributed by atoms with Gasteiger partial charge in [0, 0.05) is 11.4 Å². The van der Waals surface area contributed by atoms with Gasteiger partial charge in [0.2, 0.25) is 5.91 Å². The van der Waals surface area contributed by atoms with Gasteiger partial charge in [-0.05, 0) is 32.0 Å². The fourth-order valence-corrected chi connectivity index (χ4v) is 3.68. The second kappa shape index (κ2) is 7.43. The van der Waals surface area contributed by atoms with Crippen molar-refractivity contribution in [2.45, 2.75) is 25.1 Å². The maximum absolute atomic E-state index is 12.2. The van der Waals surface area contributed by atoms with Gasteiger partial charge in [-0.3, -0.25) is 9.20 Å². The summed E-state index contributed by atoms with van der Waals surface area (Å²) in [5, 5.41) is 11.7. The second-order valence-corrected chi connectivity index (χ2v) is 7.19. The lowest BCUT2D eigenvalue weighted by molar-refractivity contribution is -0.119. The lowest BCUT2D eigenvalue weighted by Crippen LogP contribution is -2.41. The number of ether oxygens (including phenoxy) is 2. The van der Waals surface area contributed by atoms with Gasteiger partial charge in [-0.15, -0.1) is 10.2 Å². The number of fused-ring (bicyclic) bond motifs is 2. The third-order valence-electron chi connectivity index (χ3n) is 4.09. The summed E-state index contributed by atoms with van der Waals surface area (Å²) in [5.74, 6) is 2.11. The molecule has 4 rings (SSSR count). The van der Waals surface area contributed by atoms with Crippen LogP contribution in [0.25, 0.3) is 5.78 Å². The van der Waals surface area contributed by atoms with Crippen LogP contribution in [0.3, 0.4) is 0 Å². The lowest BCUT2D eigenvalue weighted by atomic mass is 10.2. The first kappa shape index (κ1) is 17.6. The Morgan fingerprint density at radius 3 is 2.96 bits per heavy atom. The SMILES string of the molecule is Cc1cc(C)n2c(SCC(=O)NCC3COc4ccccc4O3)nnc2n1. The number of nitrogens with one attached hydrogen (secondary N) is 1. The van der Waals surface area contributed by atoms with Crippen molar-refractivity contribution < 1.29 is 14.3 Å². The molecule has 9 heteroatoms. The minimum absolute atomic E-state index is 0.100. The van der Waals surface area contributed by atoms with Gasteiger partial charge in [-0.1, -0.05) is 23.9 Å². The Morgan fingerprint density at radius 1 is 1.30 bits per heavy atom. The monoisotopic (exact) mass is 385 g/mol. The molecule has 0 radical (unpaired) electrons. The first-order chi connectivity index (χ1) is 13.1. The minimum Gasteiger partial charge on any atom is -0.486 e. The van der Waals surface area contributed by atoms with Gasteiger partial charge >= 0.3 is 0 Å². The largest absolute Gasteiger partial charge is 0.486 e. The Labute approximate surface area is 160 Å². The topological polar surface area (TPSA) is 90.6 Å². The third kappa shape index (κ3) is 3.82. The summed E-state index contributed by atoms with van der Waals surface area (Å²) in [6.45, 7) is 4.67. The molecule has 3 aromatic rings. The highest BCUT2D eigenvalue weighted by atomic mass is 32.2. The molecule has 140 valence electrons. The number of nitrogens with zero attached hydrogens (tertiary/aromatic N) is 4. The van der Waals surface area contributed by atoms with E-state index < -0.39 is 0 Å². The van der Waals surface area contributed by atoms with Crippen molar-refractivity contribution in [1.82, 2.24) is 24.9 Å². The van der Waals surface area contributed by atoms with E-state index in [1.165, 1.54) is 11.8 Å². The Kier molecular flexibility index (Phi) is 4.85. The highest BCUT2D eigenvalue weighted by Gasteiger charge is 2.21. The van der Waals surface area contributed by atoms with Gasteiger partial charge in [0.15, 0.2) is 16.7 Å². The highest BCUT2D eigenvalue weighted by Crippen LogP contribution is 2.30. The summed E-state index contributed by atoms with van der Waals surface area (Å²) >= 11 is 1.33. The first-order valence-corrected chi connectivity index (χ1v) is 9.56. The molecule has 3 heterocycles. The van der Waals surface area contributed by atoms with Crippen LogP contribution in [0, 0.1) is 13.8 Å². The Morgan fingerprint density at radius 2 is 2.11 bits per heavy atom. The Hall–Kier alpha value is -2.81. The molecule has 0 aliphatic carbocycles. The van der Waals surface area contributed by atoms with Gasteiger partial charge in [0.1, 0.15) is 12.7 Å². The van der Waals surface area contributed by atoms with Gasteiger partial charge in [-0.25, -0.2) is 4.98 Å². The average molecular weight is 385 g/mol. The van der Waals surface area contributed by atoms with E-state index in [0.717, 1.165) is 17.1 Å². The van der Waals surface area contributed by atoms with Gasteiger partial charge < -0.3 is 14.8 Å². The predicted octanol–water partition coefficient (Wildman–Crippen LogP) is 1.79. The van der Waals surface area contributed by atoms with Crippen molar-refractivity contribution in [2.75, 3.05) is 18.9 Å². The summed E-state index contributed by atoms with van der Waals surface area (Å²) in [7, 11) is 0. The van der Waals surface area contributed by atoms with E-state index in [9.17, 15) is 4.79 Å². The number of aromatic nitrogens is 4. The molecule has 0 bridgehead atoms. The van der Waals surface area contributed by atoms with Crippen molar-refractivity contribution in [3.05, 3.63) is 41.7 Å². The summed E-state index contributed by atoms with van der Waals surface area (Å²) in [4.78, 5) is 16.5. The van der Waals surface area contributed by atoms with Crippen LogP contribution >= 0.6 is 11.8 Å². The van der Waals surface area contributed by atoms with Gasteiger partial charge in [-0.2, -0.15) is 0 Å². The molecule has 27 heavy (non-hydrogen) atoms. The molecule has 0 saturated carbocycles. The van der Waals surface area contributed by atoms with Crippen molar-refractivity contribution in [1.29, 1.82) is 0 Å². The molecule has 1 unspecified atom stereocenters. The van der Waals surface area contributed by atoms with Crippen LogP contribution in [0.15, 0.2) is 35.5 Å². The summed E-state index contributed by atoms with van der Waals surface area (Å²) in [6, 6.07) is 9.46. The normalized spacial score (nSPS) is 15.7. The Bertz CT molecular complexity index is 990. The number of carbonyl (C=O) groups excluding carboxylic acids is 1. The maximum Gasteiger partial charge on any atom is 0.256 e. The van der Waals surface area contributed by atoms with Crippen LogP contribution in [-0.2, 0) is 4.79 Å². The second-order valence-electron chi connectivity index (χ2n) is 6.25. The quantitative estimate of drug-likeness (QED) is 0.670. The van der Waals surface area contributed by atoms with Crippen LogP contribution in [0.4, 0.5) is 0 Å². The van der Waals surface area contributed by atoms with Crippen molar-refractivity contribution >= 4 is 23.4 Å². The maximum atomic E-state index is 12.2. The zero-order valence-corrected chi connectivity index (χ0v) is 15.8. The predicted molar refractivity (Wildman–Crippen MR) is 100 cm³/mol. The zero-order chi connectivity index (χ0) is 18.8. The number of amides is 1. The number of carbonyl (C=O) groups is 1. The molecule has 1 atom stereocenters. The Balaban J connectivity index is 1.31. The molecule has 1 aliphatic heterocycles. The molecule has 1 amide bonds. The molecule has 2 aromatic heterocycles. The lowest BCUT2D eigenvalue weighted by Gasteiger charge is -2.26. The number of para-hydroxylation sites is 2. The van der Waals surface area contributed by atoms with E-state index in [1.54, 1.807) is 0 Å². The molecule has 1 N–H and O–H groups in total. The van der Waals surface area contributed by atoms with Crippen molar-refractivity contribution in [3.63, 3.8) is 0 Å².